The summed E-state index contributed by atoms with van der Waals surface area (Å²) in [5.41, 5.74) is 5.48. The van der Waals surface area contributed by atoms with Gasteiger partial charge in [0.25, 0.3) is 0 Å². The van der Waals surface area contributed by atoms with Gasteiger partial charge in [-0.05, 0) is 46.4 Å². The van der Waals surface area contributed by atoms with Crippen LogP contribution < -0.4 is 5.73 Å². The maximum absolute atomic E-state index is 11.2. The number of hydrogen-bond donors (Lipinski definition) is 2. The van der Waals surface area contributed by atoms with Crippen LogP contribution in [-0.4, -0.2) is 66.7 Å². The zero-order valence-electron chi connectivity index (χ0n) is 10.2. The molecular weight excluding hydrogens is 206 g/mol. The molecule has 0 spiro atoms. The molecule has 0 aromatic heterocycles. The van der Waals surface area contributed by atoms with Gasteiger partial charge in [0.2, 0.25) is 0 Å². The molecule has 0 saturated carbocycles. The molecule has 94 valence electrons. The minimum atomic E-state index is -0.740. The number of likely N-dealkylation sites (N-methyl/N-ethyl adjacent to an activating group) is 1. The van der Waals surface area contributed by atoms with Crippen LogP contribution in [0.5, 0.6) is 0 Å². The van der Waals surface area contributed by atoms with E-state index in [1.807, 2.05) is 14.1 Å². The molecule has 16 heavy (non-hydrogen) atoms. The van der Waals surface area contributed by atoms with E-state index in [1.54, 1.807) is 0 Å². The number of nitrogens with zero attached hydrogens (tertiary/aromatic N) is 2. The van der Waals surface area contributed by atoms with Gasteiger partial charge in [-0.3, -0.25) is 9.69 Å². The van der Waals surface area contributed by atoms with E-state index in [0.29, 0.717) is 19.0 Å². The Kier molecular flexibility index (Phi) is 5.18. The SMILES string of the molecule is CN(C)CC1CCCN1C(CCN)C(=O)O. The molecule has 0 radical (unpaired) electrons. The van der Waals surface area contributed by atoms with Gasteiger partial charge >= 0.3 is 5.97 Å². The molecule has 5 heteroatoms. The third-order valence-electron chi connectivity index (χ3n) is 3.12. The van der Waals surface area contributed by atoms with E-state index in [0.717, 1.165) is 25.9 Å². The number of carboxylic acid groups (broad SMARTS) is 1. The molecule has 2 unspecified atom stereocenters. The second kappa shape index (κ2) is 6.18. The maximum atomic E-state index is 11.2. The second-order valence-corrected chi connectivity index (χ2v) is 4.73. The molecule has 1 aliphatic heterocycles. The van der Waals surface area contributed by atoms with E-state index in [2.05, 4.69) is 9.80 Å². The summed E-state index contributed by atoms with van der Waals surface area (Å²) in [6.07, 6.45) is 2.72. The van der Waals surface area contributed by atoms with E-state index < -0.39 is 12.0 Å². The van der Waals surface area contributed by atoms with Gasteiger partial charge in [-0.1, -0.05) is 0 Å². The van der Waals surface area contributed by atoms with Crippen molar-refractivity contribution in [2.45, 2.75) is 31.3 Å². The third kappa shape index (κ3) is 3.43. The standard InChI is InChI=1S/C11H23N3O2/c1-13(2)8-9-4-3-7-14(9)10(5-6-12)11(15)16/h9-10H,3-8,12H2,1-2H3,(H,15,16). The summed E-state index contributed by atoms with van der Waals surface area (Å²) < 4.78 is 0. The van der Waals surface area contributed by atoms with Gasteiger partial charge in [0.1, 0.15) is 6.04 Å². The summed E-state index contributed by atoms with van der Waals surface area (Å²) in [6.45, 7) is 2.24. The highest BCUT2D eigenvalue weighted by molar-refractivity contribution is 5.73. The molecule has 1 aliphatic rings. The Labute approximate surface area is 97.2 Å². The lowest BCUT2D eigenvalue weighted by molar-refractivity contribution is -0.144. The van der Waals surface area contributed by atoms with Crippen molar-refractivity contribution in [3.63, 3.8) is 0 Å². The summed E-state index contributed by atoms with van der Waals surface area (Å²) in [7, 11) is 4.05. The van der Waals surface area contributed by atoms with Crippen molar-refractivity contribution in [3.05, 3.63) is 0 Å². The van der Waals surface area contributed by atoms with Crippen LogP contribution in [0.1, 0.15) is 19.3 Å². The molecule has 0 bridgehead atoms. The van der Waals surface area contributed by atoms with Crippen LogP contribution in [0.4, 0.5) is 0 Å². The Morgan fingerprint density at radius 1 is 1.62 bits per heavy atom. The van der Waals surface area contributed by atoms with Gasteiger partial charge in [-0.15, -0.1) is 0 Å². The number of rotatable bonds is 6. The Morgan fingerprint density at radius 3 is 2.81 bits per heavy atom. The first-order valence-corrected chi connectivity index (χ1v) is 5.89. The topological polar surface area (TPSA) is 69.8 Å². The third-order valence-corrected chi connectivity index (χ3v) is 3.12. The lowest BCUT2D eigenvalue weighted by Crippen LogP contribution is -2.48. The molecule has 1 heterocycles. The second-order valence-electron chi connectivity index (χ2n) is 4.73. The van der Waals surface area contributed by atoms with Crippen LogP contribution in [0.25, 0.3) is 0 Å². The molecule has 1 fully saturated rings. The molecule has 0 aromatic rings. The van der Waals surface area contributed by atoms with Gasteiger partial charge in [0.05, 0.1) is 0 Å². The summed E-state index contributed by atoms with van der Waals surface area (Å²) >= 11 is 0. The fourth-order valence-electron chi connectivity index (χ4n) is 2.47. The molecular formula is C11H23N3O2. The zero-order valence-corrected chi connectivity index (χ0v) is 10.2. The first-order valence-electron chi connectivity index (χ1n) is 5.89. The number of hydrogen-bond acceptors (Lipinski definition) is 4. The maximum Gasteiger partial charge on any atom is 0.320 e. The van der Waals surface area contributed by atoms with Crippen LogP contribution in [0, 0.1) is 0 Å². The minimum absolute atomic E-state index is 0.364. The fraction of sp³-hybridized carbons (Fsp3) is 0.909. The van der Waals surface area contributed by atoms with E-state index in [1.165, 1.54) is 0 Å². The van der Waals surface area contributed by atoms with Gasteiger partial charge in [-0.25, -0.2) is 0 Å². The van der Waals surface area contributed by atoms with E-state index in [4.69, 9.17) is 5.73 Å². The van der Waals surface area contributed by atoms with Crippen LogP contribution in [0.2, 0.25) is 0 Å². The Hall–Kier alpha value is -0.650. The van der Waals surface area contributed by atoms with Gasteiger partial charge in [0.15, 0.2) is 0 Å². The average molecular weight is 229 g/mol. The molecule has 0 amide bonds. The monoisotopic (exact) mass is 229 g/mol. The Balaban J connectivity index is 2.63. The van der Waals surface area contributed by atoms with Crippen molar-refractivity contribution in [1.29, 1.82) is 0 Å². The number of aliphatic carboxylic acids is 1. The molecule has 2 atom stereocenters. The highest BCUT2D eigenvalue weighted by Gasteiger charge is 2.34. The highest BCUT2D eigenvalue weighted by Crippen LogP contribution is 2.22. The predicted octanol–water partition coefficient (Wildman–Crippen LogP) is -0.186. The average Bonchev–Trinajstić information content (AvgIpc) is 2.60. The van der Waals surface area contributed by atoms with Crippen molar-refractivity contribution in [1.82, 2.24) is 9.80 Å². The van der Waals surface area contributed by atoms with Gasteiger partial charge in [-0.2, -0.15) is 0 Å². The van der Waals surface area contributed by atoms with Crippen LogP contribution >= 0.6 is 0 Å². The van der Waals surface area contributed by atoms with Crippen molar-refractivity contribution < 1.29 is 9.90 Å². The number of carboxylic acids is 1. The predicted molar refractivity (Wildman–Crippen MR) is 63.4 cm³/mol. The van der Waals surface area contributed by atoms with Crippen LogP contribution in [-0.2, 0) is 4.79 Å². The van der Waals surface area contributed by atoms with Crippen molar-refractivity contribution in [3.8, 4) is 0 Å². The van der Waals surface area contributed by atoms with Crippen molar-refractivity contribution >= 4 is 5.97 Å². The fourth-order valence-corrected chi connectivity index (χ4v) is 2.47. The summed E-state index contributed by atoms with van der Waals surface area (Å²) in [5, 5.41) is 9.21. The van der Waals surface area contributed by atoms with Crippen molar-refractivity contribution in [2.75, 3.05) is 33.7 Å². The highest BCUT2D eigenvalue weighted by atomic mass is 16.4. The normalized spacial score (nSPS) is 23.9. The smallest absolute Gasteiger partial charge is 0.320 e. The van der Waals surface area contributed by atoms with Crippen LogP contribution in [0.3, 0.4) is 0 Å². The van der Waals surface area contributed by atoms with Gasteiger partial charge < -0.3 is 15.7 Å². The first kappa shape index (κ1) is 13.4. The number of likely N-dealkylation sites (tertiary alicyclic amines) is 1. The molecule has 5 nitrogen and oxygen atoms in total. The zero-order chi connectivity index (χ0) is 12.1. The van der Waals surface area contributed by atoms with E-state index in [-0.39, 0.29) is 0 Å². The summed E-state index contributed by atoms with van der Waals surface area (Å²) in [6, 6.07) is -0.0416. The number of nitrogens with two attached hydrogens (primary N) is 1. The quantitative estimate of drug-likeness (QED) is 0.661. The lowest BCUT2D eigenvalue weighted by atomic mass is 10.1. The number of carbonyl (C=O) groups is 1. The minimum Gasteiger partial charge on any atom is -0.480 e. The van der Waals surface area contributed by atoms with Crippen LogP contribution in [0.15, 0.2) is 0 Å². The first-order chi connectivity index (χ1) is 7.56. The Morgan fingerprint density at radius 2 is 2.31 bits per heavy atom. The summed E-state index contributed by atoms with van der Waals surface area (Å²) in [5.74, 6) is -0.740. The molecule has 1 rings (SSSR count). The molecule has 1 saturated heterocycles. The lowest BCUT2D eigenvalue weighted by Gasteiger charge is -2.31. The summed E-state index contributed by atoms with van der Waals surface area (Å²) in [4.78, 5) is 15.4. The largest absolute Gasteiger partial charge is 0.480 e. The molecule has 0 aromatic carbocycles. The van der Waals surface area contributed by atoms with E-state index in [9.17, 15) is 9.90 Å². The molecule has 3 N–H and O–H groups in total. The molecule has 0 aliphatic carbocycles. The Bertz CT molecular complexity index is 233. The van der Waals surface area contributed by atoms with E-state index >= 15 is 0 Å². The van der Waals surface area contributed by atoms with Crippen molar-refractivity contribution in [2.24, 2.45) is 5.73 Å². The van der Waals surface area contributed by atoms with Gasteiger partial charge in [0, 0.05) is 12.6 Å².